The number of ether oxygens (including phenoxy) is 1. The molecule has 0 saturated carbocycles. The molecule has 1 aromatic carbocycles. The molecule has 0 spiro atoms. The maximum atomic E-state index is 6.48. The Morgan fingerprint density at radius 1 is 1.11 bits per heavy atom. The third-order valence-electron chi connectivity index (χ3n) is 4.35. The van der Waals surface area contributed by atoms with Gasteiger partial charge in [0.05, 0.1) is 17.8 Å². The van der Waals surface area contributed by atoms with Crippen LogP contribution in [0.25, 0.3) is 0 Å². The van der Waals surface area contributed by atoms with E-state index in [1.54, 1.807) is 0 Å². The molecule has 0 atom stereocenters. The molecular formula is C14H18BClO3. The molecule has 3 nitrogen and oxygen atoms in total. The number of hydrogen-bond acceptors (Lipinski definition) is 3. The maximum absolute atomic E-state index is 6.48. The second-order valence-electron chi connectivity index (χ2n) is 6.13. The fraction of sp³-hybridized carbons (Fsp3) is 0.571. The monoisotopic (exact) mass is 280 g/mol. The van der Waals surface area contributed by atoms with Crippen molar-refractivity contribution >= 4 is 24.2 Å². The van der Waals surface area contributed by atoms with Crippen molar-refractivity contribution in [1.29, 1.82) is 0 Å². The molecule has 3 rings (SSSR count). The van der Waals surface area contributed by atoms with Crippen molar-refractivity contribution in [3.05, 3.63) is 22.7 Å². The van der Waals surface area contributed by atoms with E-state index in [0.29, 0.717) is 11.6 Å². The lowest BCUT2D eigenvalue weighted by molar-refractivity contribution is 0.00578. The van der Waals surface area contributed by atoms with Crippen molar-refractivity contribution in [2.75, 3.05) is 6.61 Å². The number of fused-ring (bicyclic) bond motifs is 1. The van der Waals surface area contributed by atoms with E-state index in [1.807, 2.05) is 39.8 Å². The zero-order chi connectivity index (χ0) is 13.8. The van der Waals surface area contributed by atoms with Gasteiger partial charge >= 0.3 is 7.12 Å². The standard InChI is InChI=1S/C14H18BClO3/c1-13(2)14(3,4)19-15(18-13)10-5-6-11-9(12(10)16)7-8-17-11/h5-6H,7-8H2,1-4H3. The first-order valence-electron chi connectivity index (χ1n) is 6.61. The van der Waals surface area contributed by atoms with Gasteiger partial charge in [-0.1, -0.05) is 17.7 Å². The maximum Gasteiger partial charge on any atom is 0.496 e. The number of rotatable bonds is 1. The fourth-order valence-corrected chi connectivity index (χ4v) is 2.74. The Morgan fingerprint density at radius 3 is 2.37 bits per heavy atom. The molecular weight excluding hydrogens is 262 g/mol. The molecule has 0 radical (unpaired) electrons. The summed E-state index contributed by atoms with van der Waals surface area (Å²) in [6.07, 6.45) is 0.849. The summed E-state index contributed by atoms with van der Waals surface area (Å²) in [5.41, 5.74) is 1.26. The van der Waals surface area contributed by atoms with E-state index in [-0.39, 0.29) is 11.2 Å². The van der Waals surface area contributed by atoms with Gasteiger partial charge < -0.3 is 14.0 Å². The van der Waals surface area contributed by atoms with Crippen molar-refractivity contribution in [3.63, 3.8) is 0 Å². The third kappa shape index (κ3) is 1.97. The van der Waals surface area contributed by atoms with Crippen molar-refractivity contribution in [3.8, 4) is 5.75 Å². The Labute approximate surface area is 119 Å². The molecule has 0 aliphatic carbocycles. The topological polar surface area (TPSA) is 27.7 Å². The quantitative estimate of drug-likeness (QED) is 0.740. The third-order valence-corrected chi connectivity index (χ3v) is 4.79. The molecule has 2 aliphatic rings. The van der Waals surface area contributed by atoms with E-state index in [9.17, 15) is 0 Å². The largest absolute Gasteiger partial charge is 0.496 e. The van der Waals surface area contributed by atoms with Gasteiger partial charge in [0.15, 0.2) is 0 Å². The molecule has 0 unspecified atom stereocenters. The van der Waals surface area contributed by atoms with Gasteiger partial charge in [-0.25, -0.2) is 0 Å². The molecule has 0 bridgehead atoms. The predicted molar refractivity (Wildman–Crippen MR) is 76.4 cm³/mol. The summed E-state index contributed by atoms with van der Waals surface area (Å²) in [6, 6.07) is 3.89. The van der Waals surface area contributed by atoms with E-state index >= 15 is 0 Å². The zero-order valence-corrected chi connectivity index (χ0v) is 12.5. The Bertz CT molecular complexity index is 512. The summed E-state index contributed by atoms with van der Waals surface area (Å²) < 4.78 is 17.6. The summed E-state index contributed by atoms with van der Waals surface area (Å²) in [4.78, 5) is 0. The van der Waals surface area contributed by atoms with Crippen LogP contribution < -0.4 is 10.2 Å². The van der Waals surface area contributed by atoms with Crippen LogP contribution in [-0.4, -0.2) is 24.9 Å². The Kier molecular flexibility index (Phi) is 2.90. The smallest absolute Gasteiger partial charge is 0.493 e. The molecule has 1 fully saturated rings. The minimum atomic E-state index is -0.414. The number of hydrogen-bond donors (Lipinski definition) is 0. The van der Waals surface area contributed by atoms with Crippen molar-refractivity contribution in [1.82, 2.24) is 0 Å². The Hall–Kier alpha value is -0.705. The molecule has 1 aromatic rings. The highest BCUT2D eigenvalue weighted by Crippen LogP contribution is 2.38. The van der Waals surface area contributed by atoms with Crippen LogP contribution in [0.4, 0.5) is 0 Å². The highest BCUT2D eigenvalue weighted by Gasteiger charge is 2.52. The van der Waals surface area contributed by atoms with Gasteiger partial charge in [0.2, 0.25) is 0 Å². The van der Waals surface area contributed by atoms with Gasteiger partial charge in [-0.2, -0.15) is 0 Å². The highest BCUT2D eigenvalue weighted by molar-refractivity contribution is 6.65. The minimum Gasteiger partial charge on any atom is -0.493 e. The molecule has 0 aromatic heterocycles. The molecule has 2 heterocycles. The predicted octanol–water partition coefficient (Wildman–Crippen LogP) is 2.57. The average molecular weight is 281 g/mol. The van der Waals surface area contributed by atoms with Crippen LogP contribution >= 0.6 is 11.6 Å². The Balaban J connectivity index is 1.97. The molecule has 102 valence electrons. The average Bonchev–Trinajstić information content (AvgIpc) is 2.83. The normalized spacial score (nSPS) is 23.3. The lowest BCUT2D eigenvalue weighted by atomic mass is 9.78. The lowest BCUT2D eigenvalue weighted by Gasteiger charge is -2.32. The molecule has 2 aliphatic heterocycles. The molecule has 19 heavy (non-hydrogen) atoms. The highest BCUT2D eigenvalue weighted by atomic mass is 35.5. The van der Waals surface area contributed by atoms with E-state index in [0.717, 1.165) is 23.2 Å². The summed E-state index contributed by atoms with van der Waals surface area (Å²) >= 11 is 6.48. The van der Waals surface area contributed by atoms with E-state index < -0.39 is 7.12 Å². The SMILES string of the molecule is CC1(C)OB(c2ccc3c(c2Cl)CCO3)OC1(C)C. The fourth-order valence-electron chi connectivity index (χ4n) is 2.40. The van der Waals surface area contributed by atoms with Crippen LogP contribution in [0.3, 0.4) is 0 Å². The van der Waals surface area contributed by atoms with Crippen LogP contribution in [-0.2, 0) is 15.7 Å². The Morgan fingerprint density at radius 2 is 1.74 bits per heavy atom. The van der Waals surface area contributed by atoms with Crippen molar-refractivity contribution < 1.29 is 14.0 Å². The second kappa shape index (κ2) is 4.14. The molecule has 0 N–H and O–H groups in total. The van der Waals surface area contributed by atoms with Gasteiger partial charge in [0.1, 0.15) is 5.75 Å². The van der Waals surface area contributed by atoms with Crippen LogP contribution in [0.1, 0.15) is 33.3 Å². The summed E-state index contributed by atoms with van der Waals surface area (Å²) in [6.45, 7) is 8.85. The molecule has 0 amide bonds. The summed E-state index contributed by atoms with van der Waals surface area (Å²) in [5.74, 6) is 0.880. The van der Waals surface area contributed by atoms with Crippen molar-refractivity contribution in [2.45, 2.75) is 45.3 Å². The number of halogens is 1. The van der Waals surface area contributed by atoms with E-state index in [4.69, 9.17) is 25.6 Å². The summed E-state index contributed by atoms with van der Waals surface area (Å²) in [5, 5.41) is 0.716. The van der Waals surface area contributed by atoms with Gasteiger partial charge in [-0.3, -0.25) is 0 Å². The lowest BCUT2D eigenvalue weighted by Crippen LogP contribution is -2.41. The minimum absolute atomic E-state index is 0.351. The van der Waals surface area contributed by atoms with Crippen molar-refractivity contribution in [2.24, 2.45) is 0 Å². The zero-order valence-electron chi connectivity index (χ0n) is 11.7. The number of benzene rings is 1. The van der Waals surface area contributed by atoms with E-state index in [2.05, 4.69) is 0 Å². The first kappa shape index (κ1) is 13.3. The van der Waals surface area contributed by atoms with E-state index in [1.165, 1.54) is 0 Å². The first-order valence-corrected chi connectivity index (χ1v) is 6.99. The van der Waals surface area contributed by atoms with Gasteiger partial charge in [0, 0.05) is 22.5 Å². The molecule has 5 heteroatoms. The molecule has 1 saturated heterocycles. The van der Waals surface area contributed by atoms with Crippen LogP contribution in [0.2, 0.25) is 5.02 Å². The van der Waals surface area contributed by atoms with Gasteiger partial charge in [0.25, 0.3) is 0 Å². The van der Waals surface area contributed by atoms with Crippen LogP contribution in [0.15, 0.2) is 12.1 Å². The summed E-state index contributed by atoms with van der Waals surface area (Å²) in [7, 11) is -0.414. The first-order chi connectivity index (χ1) is 8.82. The van der Waals surface area contributed by atoms with Gasteiger partial charge in [-0.05, 0) is 33.8 Å². The van der Waals surface area contributed by atoms with Crippen LogP contribution in [0.5, 0.6) is 5.75 Å². The second-order valence-corrected chi connectivity index (χ2v) is 6.51. The van der Waals surface area contributed by atoms with Crippen LogP contribution in [0, 0.1) is 0 Å². The van der Waals surface area contributed by atoms with Gasteiger partial charge in [-0.15, -0.1) is 0 Å².